The maximum atomic E-state index is 5.46. The zero-order valence-electron chi connectivity index (χ0n) is 18.3. The number of hydrogen-bond acceptors (Lipinski definition) is 2. The van der Waals surface area contributed by atoms with Gasteiger partial charge in [-0.1, -0.05) is 41.5 Å². The fraction of sp³-hybridized carbons (Fsp3) is 0.545. The fourth-order valence-corrected chi connectivity index (χ4v) is 2.51. The van der Waals surface area contributed by atoms with Gasteiger partial charge in [0.05, 0.1) is 13.1 Å². The first-order chi connectivity index (χ1) is 12.1. The van der Waals surface area contributed by atoms with Crippen LogP contribution < -0.4 is 54.6 Å². The number of pyridine rings is 2. The molecule has 0 aromatic carbocycles. The minimum absolute atomic E-state index is 0. The molecule has 0 bridgehead atoms. The molecule has 2 rings (SSSR count). The van der Waals surface area contributed by atoms with Crippen molar-refractivity contribution in [2.75, 3.05) is 13.1 Å². The van der Waals surface area contributed by atoms with Crippen molar-refractivity contribution < 1.29 is 43.1 Å². The Kier molecular flexibility index (Phi) is 14.1. The number of nitrogens with two attached hydrogens (primary N) is 2. The Morgan fingerprint density at radius 1 is 0.607 bits per heavy atom. The summed E-state index contributed by atoms with van der Waals surface area (Å²) in [5, 5.41) is 0. The minimum atomic E-state index is 0. The van der Waals surface area contributed by atoms with Crippen LogP contribution in [0.4, 0.5) is 0 Å². The van der Waals surface area contributed by atoms with Crippen LogP contribution in [0.5, 0.6) is 0 Å². The highest BCUT2D eigenvalue weighted by Crippen LogP contribution is 2.20. The molecule has 6 heteroatoms. The highest BCUT2D eigenvalue weighted by atomic mass is 79.9. The van der Waals surface area contributed by atoms with Crippen molar-refractivity contribution in [3.05, 3.63) is 60.2 Å². The third kappa shape index (κ3) is 10.6. The Balaban J connectivity index is 0. The van der Waals surface area contributed by atoms with Gasteiger partial charge in [0.1, 0.15) is 0 Å². The summed E-state index contributed by atoms with van der Waals surface area (Å²) in [7, 11) is 0. The molecule has 0 unspecified atom stereocenters. The molecule has 0 radical (unpaired) electrons. The standard InChI is InChI=1S/2C11H19N2.2BrH/c2*1-11(2,3)10-4-7-13(8-5-10)9-6-12;;/h2*4-5,7-8H,6,9,12H2,1-3H3;2*1H/q2*+1;;/p-2. The van der Waals surface area contributed by atoms with Crippen LogP contribution in [-0.2, 0) is 23.9 Å². The van der Waals surface area contributed by atoms with Crippen molar-refractivity contribution in [1.29, 1.82) is 0 Å². The average molecular weight is 518 g/mol. The summed E-state index contributed by atoms with van der Waals surface area (Å²) >= 11 is 0. The van der Waals surface area contributed by atoms with Crippen molar-refractivity contribution in [2.45, 2.75) is 65.5 Å². The lowest BCUT2D eigenvalue weighted by Gasteiger charge is -2.17. The molecule has 0 saturated heterocycles. The summed E-state index contributed by atoms with van der Waals surface area (Å²) in [5.41, 5.74) is 14.1. The predicted octanol–water partition coefficient (Wildman–Crippen LogP) is -3.53. The molecular weight excluding hydrogens is 480 g/mol. The van der Waals surface area contributed by atoms with Gasteiger partial charge in [-0.05, 0) is 22.0 Å². The van der Waals surface area contributed by atoms with Gasteiger partial charge in [-0.2, -0.15) is 0 Å². The third-order valence-corrected chi connectivity index (χ3v) is 4.29. The van der Waals surface area contributed by atoms with Gasteiger partial charge in [0.2, 0.25) is 0 Å². The molecule has 160 valence electrons. The zero-order valence-corrected chi connectivity index (χ0v) is 21.4. The predicted molar refractivity (Wildman–Crippen MR) is 109 cm³/mol. The Labute approximate surface area is 192 Å². The summed E-state index contributed by atoms with van der Waals surface area (Å²) in [4.78, 5) is 0. The van der Waals surface area contributed by atoms with Gasteiger partial charge >= 0.3 is 0 Å². The number of nitrogens with zero attached hydrogens (tertiary/aromatic N) is 2. The van der Waals surface area contributed by atoms with Crippen LogP contribution in [0, 0.1) is 0 Å². The average Bonchev–Trinajstić information content (AvgIpc) is 2.55. The monoisotopic (exact) mass is 516 g/mol. The molecule has 2 aromatic rings. The molecule has 0 aliphatic heterocycles. The van der Waals surface area contributed by atoms with Crippen LogP contribution in [0.2, 0.25) is 0 Å². The quantitative estimate of drug-likeness (QED) is 0.413. The lowest BCUT2D eigenvalue weighted by atomic mass is 9.88. The van der Waals surface area contributed by atoms with Crippen LogP contribution in [0.25, 0.3) is 0 Å². The first kappa shape index (κ1) is 29.4. The molecule has 28 heavy (non-hydrogen) atoms. The van der Waals surface area contributed by atoms with E-state index in [-0.39, 0.29) is 44.8 Å². The van der Waals surface area contributed by atoms with Crippen LogP contribution >= 0.6 is 0 Å². The fourth-order valence-electron chi connectivity index (χ4n) is 2.51. The van der Waals surface area contributed by atoms with E-state index >= 15 is 0 Å². The molecule has 4 nitrogen and oxygen atoms in total. The van der Waals surface area contributed by atoms with Crippen LogP contribution in [0.3, 0.4) is 0 Å². The summed E-state index contributed by atoms with van der Waals surface area (Å²) < 4.78 is 4.21. The van der Waals surface area contributed by atoms with Gasteiger partial charge in [-0.15, -0.1) is 0 Å². The number of rotatable bonds is 4. The first-order valence-corrected chi connectivity index (χ1v) is 9.47. The Bertz CT molecular complexity index is 583. The molecule has 2 aromatic heterocycles. The second kappa shape index (κ2) is 13.4. The summed E-state index contributed by atoms with van der Waals surface area (Å²) in [6.45, 7) is 16.5. The Morgan fingerprint density at radius 3 is 1.04 bits per heavy atom. The van der Waals surface area contributed by atoms with Crippen LogP contribution in [0.1, 0.15) is 52.7 Å². The van der Waals surface area contributed by atoms with E-state index in [9.17, 15) is 0 Å². The molecule has 4 N–H and O–H groups in total. The lowest BCUT2D eigenvalue weighted by Crippen LogP contribution is -3.00. The Hall–Kier alpha value is -0.820. The van der Waals surface area contributed by atoms with Gasteiger partial charge in [-0.25, -0.2) is 9.13 Å². The number of hydrogen-bond donors (Lipinski definition) is 2. The normalized spacial score (nSPS) is 10.9. The van der Waals surface area contributed by atoms with Crippen LogP contribution in [-0.4, -0.2) is 13.1 Å². The number of halogens is 2. The van der Waals surface area contributed by atoms with E-state index in [1.54, 1.807) is 0 Å². The summed E-state index contributed by atoms with van der Waals surface area (Å²) in [6, 6.07) is 8.65. The largest absolute Gasteiger partial charge is 1.00 e. The minimum Gasteiger partial charge on any atom is -1.00 e. The van der Waals surface area contributed by atoms with E-state index in [1.807, 2.05) is 0 Å². The molecule has 0 amide bonds. The maximum Gasteiger partial charge on any atom is 0.169 e. The van der Waals surface area contributed by atoms with Crippen molar-refractivity contribution >= 4 is 0 Å². The smallest absolute Gasteiger partial charge is 0.169 e. The summed E-state index contributed by atoms with van der Waals surface area (Å²) in [6.07, 6.45) is 8.36. The van der Waals surface area contributed by atoms with Gasteiger partial charge in [0, 0.05) is 24.3 Å². The van der Waals surface area contributed by atoms with E-state index in [0.29, 0.717) is 13.1 Å². The first-order valence-electron chi connectivity index (χ1n) is 9.47. The van der Waals surface area contributed by atoms with E-state index in [0.717, 1.165) is 13.1 Å². The SMILES string of the molecule is CC(C)(C)c1cc[n+](CCN)cc1.CC(C)(C)c1cc[n+](CCN)cc1.[Br-].[Br-]. The van der Waals surface area contributed by atoms with Crippen LogP contribution in [0.15, 0.2) is 49.1 Å². The van der Waals surface area contributed by atoms with Crippen molar-refractivity contribution in [1.82, 2.24) is 0 Å². The molecule has 2 heterocycles. The zero-order chi connectivity index (χ0) is 19.8. The van der Waals surface area contributed by atoms with Crippen molar-refractivity contribution in [3.63, 3.8) is 0 Å². The highest BCUT2D eigenvalue weighted by Gasteiger charge is 2.15. The van der Waals surface area contributed by atoms with E-state index in [2.05, 4.69) is 99.7 Å². The topological polar surface area (TPSA) is 59.8 Å². The highest BCUT2D eigenvalue weighted by molar-refractivity contribution is 5.18. The van der Waals surface area contributed by atoms with Gasteiger partial charge in [0.25, 0.3) is 0 Å². The van der Waals surface area contributed by atoms with Crippen molar-refractivity contribution in [3.8, 4) is 0 Å². The molecule has 0 spiro atoms. The molecule has 0 saturated carbocycles. The van der Waals surface area contributed by atoms with Crippen molar-refractivity contribution in [2.24, 2.45) is 11.5 Å². The molecular formula is C22H38Br2N4. The molecule has 0 fully saturated rings. The second-order valence-corrected chi connectivity index (χ2v) is 8.73. The summed E-state index contributed by atoms with van der Waals surface area (Å²) in [5.74, 6) is 0. The van der Waals surface area contributed by atoms with E-state index < -0.39 is 0 Å². The van der Waals surface area contributed by atoms with Gasteiger partial charge < -0.3 is 45.4 Å². The molecule has 0 aliphatic carbocycles. The van der Waals surface area contributed by atoms with Gasteiger partial charge in [-0.3, -0.25) is 0 Å². The maximum absolute atomic E-state index is 5.46. The lowest BCUT2D eigenvalue weighted by molar-refractivity contribution is -0.694. The van der Waals surface area contributed by atoms with E-state index in [4.69, 9.17) is 11.5 Å². The molecule has 0 atom stereocenters. The third-order valence-electron chi connectivity index (χ3n) is 4.29. The molecule has 0 aliphatic rings. The van der Waals surface area contributed by atoms with E-state index in [1.165, 1.54) is 11.1 Å². The van der Waals surface area contributed by atoms with Gasteiger partial charge in [0.15, 0.2) is 37.9 Å². The Morgan fingerprint density at radius 2 is 0.857 bits per heavy atom. The second-order valence-electron chi connectivity index (χ2n) is 8.73. The number of aromatic nitrogens is 2.